The van der Waals surface area contributed by atoms with Crippen LogP contribution in [0, 0.1) is 0 Å². The van der Waals surface area contributed by atoms with Crippen LogP contribution >= 0.6 is 0 Å². The van der Waals surface area contributed by atoms with Gasteiger partial charge in [-0.05, 0) is 23.3 Å². The highest BCUT2D eigenvalue weighted by Gasteiger charge is 2.22. The van der Waals surface area contributed by atoms with Crippen LogP contribution < -0.4 is 16.2 Å². The Kier molecular flexibility index (Phi) is 4.01. The molecule has 0 spiro atoms. The van der Waals surface area contributed by atoms with E-state index in [0.29, 0.717) is 48.3 Å². The van der Waals surface area contributed by atoms with Gasteiger partial charge in [0.25, 0.3) is 0 Å². The van der Waals surface area contributed by atoms with E-state index in [4.69, 9.17) is 30.2 Å². The van der Waals surface area contributed by atoms with Crippen molar-refractivity contribution in [3.8, 4) is 28.7 Å². The maximum Gasteiger partial charge on any atom is 0.216 e. The summed E-state index contributed by atoms with van der Waals surface area (Å²) in [5, 5.41) is 7.51. The number of rotatable bonds is 6. The van der Waals surface area contributed by atoms with Gasteiger partial charge in [0.2, 0.25) is 5.88 Å². The van der Waals surface area contributed by atoms with E-state index >= 15 is 0 Å². The van der Waals surface area contributed by atoms with E-state index < -0.39 is 0 Å². The van der Waals surface area contributed by atoms with Crippen LogP contribution in [-0.4, -0.2) is 38.0 Å². The van der Waals surface area contributed by atoms with Gasteiger partial charge in [0.15, 0.2) is 17.3 Å². The van der Waals surface area contributed by atoms with E-state index in [1.165, 1.54) is 0 Å². The molecule has 0 fully saturated rings. The highest BCUT2D eigenvalue weighted by atomic mass is 16.6. The van der Waals surface area contributed by atoms with Crippen molar-refractivity contribution in [3.05, 3.63) is 24.7 Å². The summed E-state index contributed by atoms with van der Waals surface area (Å²) in [6.45, 7) is 3.37. The summed E-state index contributed by atoms with van der Waals surface area (Å²) in [7, 11) is 0. The Hall–Kier alpha value is -3.40. The second kappa shape index (κ2) is 6.48. The third-order valence-corrected chi connectivity index (χ3v) is 3.92. The normalized spacial score (nSPS) is 11.3. The number of aryl methyl sites for hydroxylation is 1. The smallest absolute Gasteiger partial charge is 0.216 e. The first-order chi connectivity index (χ1) is 12.7. The SMILES string of the molecule is CCn1c(-c2nonc2N)nc2c(-c3ccoc3)nc(OCCN)cc21. The summed E-state index contributed by atoms with van der Waals surface area (Å²) < 4.78 is 17.5. The van der Waals surface area contributed by atoms with E-state index in [1.54, 1.807) is 12.5 Å². The average molecular weight is 355 g/mol. The molecule has 0 radical (unpaired) electrons. The maximum atomic E-state index is 5.86. The Morgan fingerprint density at radius 3 is 2.77 bits per heavy atom. The molecule has 4 rings (SSSR count). The standard InChI is InChI=1S/C16H17N7O3/c1-2-23-10-7-11(25-6-4-17)19-12(9-3-5-24-8-9)13(10)20-16(23)14-15(18)22-26-21-14/h3,5,7-8H,2,4,6,17H2,1H3,(H2,18,22). The Balaban J connectivity index is 1.99. The molecule has 0 aromatic carbocycles. The minimum Gasteiger partial charge on any atom is -0.476 e. The van der Waals surface area contributed by atoms with Crippen molar-refractivity contribution < 1.29 is 13.8 Å². The van der Waals surface area contributed by atoms with E-state index in [1.807, 2.05) is 23.6 Å². The van der Waals surface area contributed by atoms with Crippen LogP contribution in [-0.2, 0) is 6.54 Å². The van der Waals surface area contributed by atoms with Crippen LogP contribution in [0.25, 0.3) is 33.8 Å². The number of ether oxygens (including phenoxy) is 1. The summed E-state index contributed by atoms with van der Waals surface area (Å²) in [4.78, 5) is 9.27. The third kappa shape index (κ3) is 2.56. The van der Waals surface area contributed by atoms with E-state index in [-0.39, 0.29) is 5.82 Å². The molecular weight excluding hydrogens is 338 g/mol. The van der Waals surface area contributed by atoms with Crippen LogP contribution in [0.5, 0.6) is 5.88 Å². The minimum atomic E-state index is 0.174. The molecule has 10 heteroatoms. The van der Waals surface area contributed by atoms with Crippen LogP contribution in [0.4, 0.5) is 5.82 Å². The van der Waals surface area contributed by atoms with Crippen molar-refractivity contribution in [1.82, 2.24) is 24.8 Å². The Morgan fingerprint density at radius 2 is 2.12 bits per heavy atom. The van der Waals surface area contributed by atoms with Crippen molar-refractivity contribution in [2.75, 3.05) is 18.9 Å². The minimum absolute atomic E-state index is 0.174. The molecule has 4 heterocycles. The fourth-order valence-electron chi connectivity index (χ4n) is 2.79. The predicted molar refractivity (Wildman–Crippen MR) is 93.2 cm³/mol. The molecule has 0 saturated carbocycles. The number of furan rings is 1. The number of hydrogen-bond donors (Lipinski definition) is 2. The molecule has 0 aliphatic heterocycles. The Labute approximate surface area is 147 Å². The number of nitrogens with zero attached hydrogens (tertiary/aromatic N) is 5. The number of pyridine rings is 1. The van der Waals surface area contributed by atoms with Gasteiger partial charge in [-0.2, -0.15) is 0 Å². The Morgan fingerprint density at radius 1 is 1.23 bits per heavy atom. The van der Waals surface area contributed by atoms with E-state index in [9.17, 15) is 0 Å². The monoisotopic (exact) mass is 355 g/mol. The molecule has 0 aliphatic rings. The zero-order valence-electron chi connectivity index (χ0n) is 14.0. The summed E-state index contributed by atoms with van der Waals surface area (Å²) in [6.07, 6.45) is 3.18. The molecule has 4 aromatic heterocycles. The van der Waals surface area contributed by atoms with Crippen LogP contribution in [0.3, 0.4) is 0 Å². The summed E-state index contributed by atoms with van der Waals surface area (Å²) >= 11 is 0. The zero-order chi connectivity index (χ0) is 18.1. The predicted octanol–water partition coefficient (Wildman–Crippen LogP) is 1.68. The summed E-state index contributed by atoms with van der Waals surface area (Å²) in [5.41, 5.74) is 14.7. The number of hydrogen-bond acceptors (Lipinski definition) is 9. The molecule has 0 amide bonds. The van der Waals surface area contributed by atoms with Gasteiger partial charge < -0.3 is 25.2 Å². The van der Waals surface area contributed by atoms with Gasteiger partial charge in [-0.25, -0.2) is 14.6 Å². The van der Waals surface area contributed by atoms with Crippen molar-refractivity contribution in [1.29, 1.82) is 0 Å². The van der Waals surface area contributed by atoms with Crippen molar-refractivity contribution >= 4 is 16.9 Å². The van der Waals surface area contributed by atoms with Crippen LogP contribution in [0.2, 0.25) is 0 Å². The lowest BCUT2D eigenvalue weighted by Gasteiger charge is -2.08. The second-order valence-corrected chi connectivity index (χ2v) is 5.50. The lowest BCUT2D eigenvalue weighted by Crippen LogP contribution is -2.11. The molecule has 134 valence electrons. The fourth-order valence-corrected chi connectivity index (χ4v) is 2.79. The van der Waals surface area contributed by atoms with Gasteiger partial charge in [0.05, 0.1) is 18.0 Å². The largest absolute Gasteiger partial charge is 0.476 e. The van der Waals surface area contributed by atoms with Gasteiger partial charge in [-0.3, -0.25) is 0 Å². The number of fused-ring (bicyclic) bond motifs is 1. The molecule has 10 nitrogen and oxygen atoms in total. The average Bonchev–Trinajstić information content (AvgIpc) is 3.38. The topological polar surface area (TPSA) is 144 Å². The van der Waals surface area contributed by atoms with Crippen molar-refractivity contribution in [2.45, 2.75) is 13.5 Å². The molecule has 26 heavy (non-hydrogen) atoms. The summed E-state index contributed by atoms with van der Waals surface area (Å²) in [6, 6.07) is 3.63. The number of anilines is 1. The third-order valence-electron chi connectivity index (χ3n) is 3.92. The van der Waals surface area contributed by atoms with Gasteiger partial charge in [-0.1, -0.05) is 0 Å². The summed E-state index contributed by atoms with van der Waals surface area (Å²) in [5.74, 6) is 1.17. The first kappa shape index (κ1) is 16.1. The number of imidazole rings is 1. The van der Waals surface area contributed by atoms with Crippen molar-refractivity contribution in [3.63, 3.8) is 0 Å². The molecule has 0 bridgehead atoms. The lowest BCUT2D eigenvalue weighted by molar-refractivity contribution is 0.310. The van der Waals surface area contributed by atoms with Crippen molar-refractivity contribution in [2.24, 2.45) is 5.73 Å². The van der Waals surface area contributed by atoms with Gasteiger partial charge in [0, 0.05) is 24.7 Å². The Bertz CT molecular complexity index is 1040. The fraction of sp³-hybridized carbons (Fsp3) is 0.250. The lowest BCUT2D eigenvalue weighted by atomic mass is 10.2. The van der Waals surface area contributed by atoms with E-state index in [0.717, 1.165) is 11.1 Å². The highest BCUT2D eigenvalue weighted by molar-refractivity contribution is 5.93. The molecule has 0 unspecified atom stereocenters. The first-order valence-electron chi connectivity index (χ1n) is 8.08. The van der Waals surface area contributed by atoms with Gasteiger partial charge >= 0.3 is 0 Å². The van der Waals surface area contributed by atoms with Gasteiger partial charge in [0.1, 0.15) is 17.8 Å². The molecular formula is C16H17N7O3. The van der Waals surface area contributed by atoms with E-state index in [2.05, 4.69) is 15.3 Å². The molecule has 4 N–H and O–H groups in total. The molecule has 0 atom stereocenters. The number of aromatic nitrogens is 5. The zero-order valence-corrected chi connectivity index (χ0v) is 14.0. The highest BCUT2D eigenvalue weighted by Crippen LogP contribution is 2.34. The van der Waals surface area contributed by atoms with Crippen LogP contribution in [0.15, 0.2) is 33.7 Å². The quantitative estimate of drug-likeness (QED) is 0.527. The molecule has 0 aliphatic carbocycles. The molecule has 0 saturated heterocycles. The number of nitrogen functional groups attached to an aromatic ring is 1. The number of nitrogens with two attached hydrogens (primary N) is 2. The van der Waals surface area contributed by atoms with Crippen LogP contribution in [0.1, 0.15) is 6.92 Å². The first-order valence-corrected chi connectivity index (χ1v) is 8.08. The van der Waals surface area contributed by atoms with Gasteiger partial charge in [-0.15, -0.1) is 0 Å². The molecule has 4 aromatic rings. The maximum absolute atomic E-state index is 5.86. The second-order valence-electron chi connectivity index (χ2n) is 5.50.